The zero-order chi connectivity index (χ0) is 32.5. The zero-order valence-corrected chi connectivity index (χ0v) is 28.4. The van der Waals surface area contributed by atoms with Crippen molar-refractivity contribution in [2.45, 2.75) is 65.3 Å². The average Bonchev–Trinajstić information content (AvgIpc) is 3.61. The number of nitrogens with zero attached hydrogens (tertiary/aromatic N) is 2. The SMILES string of the molecule is CCCCn1/c(=C/C=C2\CCCC(/C=C/C3=[N+](CCCC)c4cccc5cccc3c45)=C2c2ccccc2)c2cccc3cccc1c32. The summed E-state index contributed by atoms with van der Waals surface area (Å²) in [5.41, 5.74) is 11.0. The lowest BCUT2D eigenvalue weighted by Gasteiger charge is -2.22. The van der Waals surface area contributed by atoms with E-state index in [-0.39, 0.29) is 0 Å². The molecule has 0 spiro atoms. The van der Waals surface area contributed by atoms with Crippen LogP contribution in [-0.2, 0) is 6.54 Å². The molecular weight excluding hydrogens is 581 g/mol. The minimum absolute atomic E-state index is 1.04. The van der Waals surface area contributed by atoms with Gasteiger partial charge in [-0.25, -0.2) is 0 Å². The number of benzene rings is 5. The summed E-state index contributed by atoms with van der Waals surface area (Å²) in [5, 5.41) is 8.13. The molecule has 2 heteroatoms. The topological polar surface area (TPSA) is 7.94 Å². The molecule has 1 aliphatic heterocycles. The van der Waals surface area contributed by atoms with Gasteiger partial charge >= 0.3 is 0 Å². The number of aryl methyl sites for hydroxylation is 1. The second kappa shape index (κ2) is 13.3. The van der Waals surface area contributed by atoms with Gasteiger partial charge in [-0.2, -0.15) is 4.58 Å². The first-order valence-electron chi connectivity index (χ1n) is 18.1. The average molecular weight is 626 g/mol. The van der Waals surface area contributed by atoms with E-state index >= 15 is 0 Å². The smallest absolute Gasteiger partial charge is 0.214 e. The summed E-state index contributed by atoms with van der Waals surface area (Å²) in [6.45, 7) is 6.65. The number of hydrogen-bond donors (Lipinski definition) is 0. The third kappa shape index (κ3) is 5.34. The van der Waals surface area contributed by atoms with E-state index < -0.39 is 0 Å². The first-order valence-corrected chi connectivity index (χ1v) is 18.1. The van der Waals surface area contributed by atoms with E-state index in [1.807, 2.05) is 0 Å². The molecule has 0 atom stereocenters. The predicted molar refractivity (Wildman–Crippen MR) is 206 cm³/mol. The Bertz CT molecular complexity index is 2310. The van der Waals surface area contributed by atoms with Crippen molar-refractivity contribution in [1.29, 1.82) is 0 Å². The Morgan fingerprint density at radius 1 is 0.688 bits per heavy atom. The zero-order valence-electron chi connectivity index (χ0n) is 28.4. The number of rotatable bonds is 10. The molecule has 2 aliphatic rings. The van der Waals surface area contributed by atoms with Crippen molar-refractivity contribution in [1.82, 2.24) is 4.57 Å². The maximum Gasteiger partial charge on any atom is 0.214 e. The molecule has 1 aromatic heterocycles. The Balaban J connectivity index is 1.28. The largest absolute Gasteiger partial charge is 0.340 e. The lowest BCUT2D eigenvalue weighted by atomic mass is 9.82. The van der Waals surface area contributed by atoms with Crippen LogP contribution >= 0.6 is 0 Å². The number of aromatic nitrogens is 1. The molecule has 0 saturated carbocycles. The minimum atomic E-state index is 1.04. The van der Waals surface area contributed by atoms with Crippen molar-refractivity contribution in [2.75, 3.05) is 6.54 Å². The van der Waals surface area contributed by atoms with Crippen LogP contribution in [0.4, 0.5) is 5.69 Å². The van der Waals surface area contributed by atoms with E-state index in [1.165, 1.54) is 103 Å². The van der Waals surface area contributed by atoms with Crippen LogP contribution in [0, 0.1) is 0 Å². The van der Waals surface area contributed by atoms with Crippen molar-refractivity contribution in [3.05, 3.63) is 149 Å². The maximum atomic E-state index is 2.56. The Hall–Kier alpha value is -4.95. The van der Waals surface area contributed by atoms with E-state index in [2.05, 4.69) is 150 Å². The van der Waals surface area contributed by atoms with E-state index in [9.17, 15) is 0 Å². The lowest BCUT2D eigenvalue weighted by molar-refractivity contribution is -0.436. The standard InChI is InChI=1S/C46H45N2/c1-3-5-31-47-40(38-23-11-19-34-21-13-25-42(47)45(34)38)29-27-36-17-10-18-37(44(36)33-15-8-7-9-16-33)28-30-41-39-24-12-20-35-22-14-26-43(46(35)39)48(41)32-6-4-2/h7-9,11-16,19-30H,3-6,10,17-18,31-32H2,1-2H3/q+1. The summed E-state index contributed by atoms with van der Waals surface area (Å²) in [7, 11) is 0. The number of allylic oxidation sites excluding steroid dienone is 6. The van der Waals surface area contributed by atoms with Crippen LogP contribution in [0.25, 0.3) is 44.1 Å². The van der Waals surface area contributed by atoms with Gasteiger partial charge in [0.05, 0.1) is 10.9 Å². The fraction of sp³-hybridized carbons (Fsp3) is 0.239. The van der Waals surface area contributed by atoms with Gasteiger partial charge in [0.2, 0.25) is 11.4 Å². The maximum absolute atomic E-state index is 2.56. The molecule has 0 unspecified atom stereocenters. The Labute approximate surface area is 284 Å². The molecule has 0 amide bonds. The van der Waals surface area contributed by atoms with Crippen molar-refractivity contribution >= 4 is 55.5 Å². The van der Waals surface area contributed by atoms with E-state index in [0.717, 1.165) is 32.4 Å². The molecule has 238 valence electrons. The second-order valence-electron chi connectivity index (χ2n) is 13.5. The molecule has 0 saturated heterocycles. The van der Waals surface area contributed by atoms with Crippen molar-refractivity contribution in [3.63, 3.8) is 0 Å². The molecule has 0 radical (unpaired) electrons. The first-order chi connectivity index (χ1) is 23.8. The molecule has 0 fully saturated rings. The van der Waals surface area contributed by atoms with Crippen LogP contribution in [0.2, 0.25) is 0 Å². The van der Waals surface area contributed by atoms with Gasteiger partial charge < -0.3 is 4.57 Å². The molecule has 6 aromatic rings. The van der Waals surface area contributed by atoms with Gasteiger partial charge in [0.25, 0.3) is 0 Å². The monoisotopic (exact) mass is 625 g/mol. The Morgan fingerprint density at radius 2 is 1.44 bits per heavy atom. The van der Waals surface area contributed by atoms with Crippen LogP contribution in [0.3, 0.4) is 0 Å². The second-order valence-corrected chi connectivity index (χ2v) is 13.5. The molecule has 0 bridgehead atoms. The van der Waals surface area contributed by atoms with Crippen molar-refractivity contribution in [3.8, 4) is 0 Å². The van der Waals surface area contributed by atoms with Gasteiger partial charge in [0, 0.05) is 46.7 Å². The fourth-order valence-corrected chi connectivity index (χ4v) is 8.14. The van der Waals surface area contributed by atoms with Gasteiger partial charge in [-0.15, -0.1) is 0 Å². The Morgan fingerprint density at radius 3 is 2.25 bits per heavy atom. The summed E-state index contributed by atoms with van der Waals surface area (Å²) in [5.74, 6) is 0. The third-order valence-corrected chi connectivity index (χ3v) is 10.4. The summed E-state index contributed by atoms with van der Waals surface area (Å²) < 4.78 is 5.13. The highest BCUT2D eigenvalue weighted by atomic mass is 15.0. The fourth-order valence-electron chi connectivity index (χ4n) is 8.14. The highest BCUT2D eigenvalue weighted by molar-refractivity contribution is 6.19. The van der Waals surface area contributed by atoms with Crippen LogP contribution in [0.1, 0.15) is 69.9 Å². The lowest BCUT2D eigenvalue weighted by Crippen LogP contribution is -2.16. The highest BCUT2D eigenvalue weighted by Crippen LogP contribution is 2.39. The summed E-state index contributed by atoms with van der Waals surface area (Å²) in [6, 6.07) is 38.2. The molecule has 0 N–H and O–H groups in total. The molecule has 1 aliphatic carbocycles. The van der Waals surface area contributed by atoms with Crippen molar-refractivity contribution in [2.24, 2.45) is 0 Å². The third-order valence-electron chi connectivity index (χ3n) is 10.4. The minimum Gasteiger partial charge on any atom is -0.340 e. The van der Waals surface area contributed by atoms with Gasteiger partial charge in [-0.1, -0.05) is 124 Å². The molecular formula is C46H45N2+. The predicted octanol–water partition coefficient (Wildman–Crippen LogP) is 11.3. The van der Waals surface area contributed by atoms with Crippen LogP contribution < -0.4 is 5.35 Å². The number of unbranched alkanes of at least 4 members (excludes halogenated alkanes) is 2. The van der Waals surface area contributed by atoms with Crippen LogP contribution in [0.15, 0.2) is 133 Å². The van der Waals surface area contributed by atoms with Gasteiger partial charge in [0.1, 0.15) is 6.54 Å². The quantitative estimate of drug-likeness (QED) is 0.134. The Kier molecular flexibility index (Phi) is 8.41. The van der Waals surface area contributed by atoms with E-state index in [1.54, 1.807) is 0 Å². The number of hydrogen-bond acceptors (Lipinski definition) is 0. The van der Waals surface area contributed by atoms with Gasteiger partial charge in [-0.05, 0) is 76.9 Å². The van der Waals surface area contributed by atoms with Crippen molar-refractivity contribution < 1.29 is 4.58 Å². The molecule has 2 nitrogen and oxygen atoms in total. The van der Waals surface area contributed by atoms with Gasteiger partial charge in [0.15, 0.2) is 0 Å². The molecule has 8 rings (SSSR count). The summed E-state index contributed by atoms with van der Waals surface area (Å²) in [6.07, 6.45) is 17.8. The van der Waals surface area contributed by atoms with E-state index in [4.69, 9.17) is 0 Å². The van der Waals surface area contributed by atoms with Gasteiger partial charge in [-0.3, -0.25) is 0 Å². The van der Waals surface area contributed by atoms with Crippen LogP contribution in [-0.4, -0.2) is 21.4 Å². The van der Waals surface area contributed by atoms with Crippen LogP contribution in [0.5, 0.6) is 0 Å². The molecule has 48 heavy (non-hydrogen) atoms. The highest BCUT2D eigenvalue weighted by Gasteiger charge is 2.30. The molecule has 2 heterocycles. The summed E-state index contributed by atoms with van der Waals surface area (Å²) in [4.78, 5) is 0. The molecule has 5 aromatic carbocycles. The van der Waals surface area contributed by atoms with E-state index in [0.29, 0.717) is 0 Å². The first kappa shape index (κ1) is 30.4. The summed E-state index contributed by atoms with van der Waals surface area (Å²) >= 11 is 0. The normalized spacial score (nSPS) is 16.3.